The summed E-state index contributed by atoms with van der Waals surface area (Å²) in [4.78, 5) is 28.0. The number of benzene rings is 2. The van der Waals surface area contributed by atoms with Gasteiger partial charge in [-0.05, 0) is 32.3 Å². The average Bonchev–Trinajstić information content (AvgIpc) is 3.14. The van der Waals surface area contributed by atoms with Crippen molar-refractivity contribution in [1.82, 2.24) is 10.3 Å². The zero-order valence-corrected chi connectivity index (χ0v) is 17.9. The summed E-state index contributed by atoms with van der Waals surface area (Å²) in [5.41, 5.74) is 0.928. The Hall–Kier alpha value is -3.72. The third kappa shape index (κ3) is 6.65. The van der Waals surface area contributed by atoms with Crippen molar-refractivity contribution >= 4 is 22.8 Å². The normalized spacial score (nSPS) is 11.8. The quantitative estimate of drug-likeness (QED) is 0.471. The van der Waals surface area contributed by atoms with E-state index in [1.165, 1.54) is 0 Å². The molecule has 0 spiro atoms. The summed E-state index contributed by atoms with van der Waals surface area (Å²) >= 11 is 0. The Morgan fingerprint density at radius 3 is 2.52 bits per heavy atom. The monoisotopic (exact) mass is 418 g/mol. The Balaban J connectivity index is 1.70. The number of ether oxygens (including phenoxy) is 2. The van der Waals surface area contributed by atoms with Gasteiger partial charge >= 0.3 is 12.1 Å². The number of rotatable bonds is 5. The molecular weight excluding hydrogens is 392 g/mol. The maximum atomic E-state index is 12.7. The van der Waals surface area contributed by atoms with Gasteiger partial charge in [-0.15, -0.1) is 0 Å². The van der Waals surface area contributed by atoms with E-state index in [4.69, 9.17) is 9.47 Å². The van der Waals surface area contributed by atoms with Crippen LogP contribution >= 0.6 is 0 Å². The highest BCUT2D eigenvalue weighted by atomic mass is 16.6. The van der Waals surface area contributed by atoms with Gasteiger partial charge in [0.25, 0.3) is 0 Å². The van der Waals surface area contributed by atoms with Gasteiger partial charge in [0.15, 0.2) is 0 Å². The first-order chi connectivity index (χ1) is 14.8. The predicted octanol–water partition coefficient (Wildman–Crippen LogP) is 4.55. The van der Waals surface area contributed by atoms with E-state index in [0.29, 0.717) is 0 Å². The molecule has 0 aliphatic carbocycles. The minimum Gasteiger partial charge on any atom is -0.459 e. The van der Waals surface area contributed by atoms with Crippen LogP contribution in [0.15, 0.2) is 60.8 Å². The fourth-order valence-corrected chi connectivity index (χ4v) is 2.90. The van der Waals surface area contributed by atoms with Crippen molar-refractivity contribution in [3.8, 4) is 11.8 Å². The minimum atomic E-state index is -0.952. The lowest BCUT2D eigenvalue weighted by Gasteiger charge is -2.22. The Kier molecular flexibility index (Phi) is 6.99. The van der Waals surface area contributed by atoms with Gasteiger partial charge < -0.3 is 19.8 Å². The molecule has 0 radical (unpaired) electrons. The van der Waals surface area contributed by atoms with E-state index in [2.05, 4.69) is 22.1 Å². The standard InChI is InChI=1S/C25H26N2O4/c1-25(2,3)31-24(29)27-22(23(28)30-17-18-10-5-4-6-11-18)15-9-14-21-20-13-8-7-12-19(20)16-26-21/h4-8,10-13,16,22,26H,15,17H2,1-3H3,(H,27,29). The first kappa shape index (κ1) is 22.0. The van der Waals surface area contributed by atoms with Crippen molar-refractivity contribution in [1.29, 1.82) is 0 Å². The lowest BCUT2D eigenvalue weighted by atomic mass is 10.1. The van der Waals surface area contributed by atoms with E-state index in [0.717, 1.165) is 22.0 Å². The first-order valence-electron chi connectivity index (χ1n) is 10.1. The number of esters is 1. The van der Waals surface area contributed by atoms with E-state index in [9.17, 15) is 9.59 Å². The van der Waals surface area contributed by atoms with E-state index in [1.807, 2.05) is 60.8 Å². The number of hydrogen-bond acceptors (Lipinski definition) is 4. The molecule has 1 atom stereocenters. The van der Waals surface area contributed by atoms with Gasteiger partial charge in [0.2, 0.25) is 0 Å². The van der Waals surface area contributed by atoms with Gasteiger partial charge in [-0.2, -0.15) is 0 Å². The van der Waals surface area contributed by atoms with Crippen LogP contribution in [0.4, 0.5) is 4.79 Å². The van der Waals surface area contributed by atoms with Gasteiger partial charge in [0.1, 0.15) is 18.2 Å². The molecule has 160 valence electrons. The number of hydrogen-bond donors (Lipinski definition) is 2. The lowest BCUT2D eigenvalue weighted by Crippen LogP contribution is -2.44. The van der Waals surface area contributed by atoms with Crippen LogP contribution in [0.3, 0.4) is 0 Å². The van der Waals surface area contributed by atoms with Crippen molar-refractivity contribution in [2.45, 2.75) is 45.4 Å². The van der Waals surface area contributed by atoms with Gasteiger partial charge in [-0.3, -0.25) is 0 Å². The number of carbonyl (C=O) groups is 2. The molecule has 1 heterocycles. The van der Waals surface area contributed by atoms with Crippen molar-refractivity contribution < 1.29 is 19.1 Å². The van der Waals surface area contributed by atoms with Gasteiger partial charge in [0, 0.05) is 23.4 Å². The second-order valence-corrected chi connectivity index (χ2v) is 8.05. The van der Waals surface area contributed by atoms with Crippen LogP contribution in [0, 0.1) is 11.8 Å². The Bertz CT molecular complexity index is 1100. The molecule has 6 nitrogen and oxygen atoms in total. The highest BCUT2D eigenvalue weighted by Crippen LogP contribution is 2.16. The number of carbonyl (C=O) groups excluding carboxylic acids is 2. The van der Waals surface area contributed by atoms with E-state index >= 15 is 0 Å². The largest absolute Gasteiger partial charge is 0.459 e. The topological polar surface area (TPSA) is 80.4 Å². The van der Waals surface area contributed by atoms with Crippen molar-refractivity contribution in [3.05, 3.63) is 72.1 Å². The smallest absolute Gasteiger partial charge is 0.408 e. The number of H-pyrrole nitrogens is 1. The molecule has 2 N–H and O–H groups in total. The molecule has 3 rings (SSSR count). The van der Waals surface area contributed by atoms with Crippen LogP contribution in [-0.2, 0) is 20.9 Å². The van der Waals surface area contributed by atoms with Crippen LogP contribution < -0.4 is 5.32 Å². The second kappa shape index (κ2) is 9.86. The zero-order chi connectivity index (χ0) is 22.3. The van der Waals surface area contributed by atoms with Gasteiger partial charge in [-0.25, -0.2) is 9.59 Å². The predicted molar refractivity (Wildman–Crippen MR) is 119 cm³/mol. The molecule has 0 fully saturated rings. The number of nitrogens with one attached hydrogen (secondary N) is 2. The summed E-state index contributed by atoms with van der Waals surface area (Å²) in [5.74, 6) is 5.45. The molecule has 6 heteroatoms. The van der Waals surface area contributed by atoms with Crippen LogP contribution in [0.2, 0.25) is 0 Å². The number of amides is 1. The fourth-order valence-electron chi connectivity index (χ4n) is 2.90. The van der Waals surface area contributed by atoms with Crippen molar-refractivity contribution in [3.63, 3.8) is 0 Å². The summed E-state index contributed by atoms with van der Waals surface area (Å²) < 4.78 is 10.7. The van der Waals surface area contributed by atoms with Gasteiger partial charge in [0.05, 0.1) is 5.69 Å². The molecule has 0 saturated heterocycles. The minimum absolute atomic E-state index is 0.0835. The summed E-state index contributed by atoms with van der Waals surface area (Å²) in [5, 5.41) is 4.63. The van der Waals surface area contributed by atoms with E-state index in [-0.39, 0.29) is 13.0 Å². The Morgan fingerprint density at radius 1 is 1.06 bits per heavy atom. The lowest BCUT2D eigenvalue weighted by molar-refractivity contribution is -0.147. The van der Waals surface area contributed by atoms with E-state index in [1.54, 1.807) is 20.8 Å². The maximum absolute atomic E-state index is 12.7. The molecule has 0 aliphatic heterocycles. The molecule has 0 aliphatic rings. The summed E-state index contributed by atoms with van der Waals surface area (Å²) in [6.07, 6.45) is 1.27. The SMILES string of the molecule is CC(C)(C)OC(=O)NC(CC#Cc1[nH]cc2ccccc12)C(=O)OCc1ccccc1. The second-order valence-electron chi connectivity index (χ2n) is 8.05. The Morgan fingerprint density at radius 2 is 1.77 bits per heavy atom. The van der Waals surface area contributed by atoms with Crippen LogP contribution in [0.1, 0.15) is 38.4 Å². The van der Waals surface area contributed by atoms with E-state index < -0.39 is 23.7 Å². The summed E-state index contributed by atoms with van der Waals surface area (Å²) in [6, 6.07) is 16.2. The number of aromatic nitrogens is 1. The molecule has 2 aromatic carbocycles. The molecule has 0 saturated carbocycles. The number of fused-ring (bicyclic) bond motifs is 1. The molecule has 1 unspecified atom stereocenters. The summed E-state index contributed by atoms with van der Waals surface area (Å²) in [7, 11) is 0. The van der Waals surface area contributed by atoms with Gasteiger partial charge in [-0.1, -0.05) is 60.5 Å². The van der Waals surface area contributed by atoms with Crippen molar-refractivity contribution in [2.24, 2.45) is 0 Å². The zero-order valence-electron chi connectivity index (χ0n) is 17.9. The van der Waals surface area contributed by atoms with Crippen LogP contribution in [0.25, 0.3) is 10.8 Å². The highest BCUT2D eigenvalue weighted by molar-refractivity contribution is 5.87. The van der Waals surface area contributed by atoms with Crippen LogP contribution in [0.5, 0.6) is 0 Å². The molecular formula is C25H26N2O4. The third-order valence-corrected chi connectivity index (χ3v) is 4.32. The Labute approximate surface area is 181 Å². The number of aromatic amines is 1. The highest BCUT2D eigenvalue weighted by Gasteiger charge is 2.25. The molecule has 0 bridgehead atoms. The molecule has 3 aromatic rings. The summed E-state index contributed by atoms with van der Waals surface area (Å²) in [6.45, 7) is 5.38. The molecule has 1 aromatic heterocycles. The third-order valence-electron chi connectivity index (χ3n) is 4.32. The molecule has 1 amide bonds. The van der Waals surface area contributed by atoms with Crippen LogP contribution in [-0.4, -0.2) is 28.7 Å². The average molecular weight is 418 g/mol. The van der Waals surface area contributed by atoms with Crippen molar-refractivity contribution in [2.75, 3.05) is 0 Å². The molecule has 31 heavy (non-hydrogen) atoms. The maximum Gasteiger partial charge on any atom is 0.408 e. The fraction of sp³-hybridized carbons (Fsp3) is 0.280. The number of alkyl carbamates (subject to hydrolysis) is 1. The first-order valence-corrected chi connectivity index (χ1v) is 10.1.